The van der Waals surface area contributed by atoms with E-state index in [1.54, 1.807) is 23.5 Å². The molecule has 2 N–H and O–H groups in total. The van der Waals surface area contributed by atoms with E-state index in [-0.39, 0.29) is 5.82 Å². The summed E-state index contributed by atoms with van der Waals surface area (Å²) in [6, 6.07) is 5.20. The molecule has 84 valence electrons. The number of halogens is 1. The largest absolute Gasteiger partial charge is 0.326 e. The molecule has 3 heteroatoms. The predicted molar refractivity (Wildman–Crippen MR) is 67.1 cm³/mol. The molecule has 0 aliphatic heterocycles. The van der Waals surface area contributed by atoms with Gasteiger partial charge in [0.15, 0.2) is 0 Å². The Bertz CT molecular complexity index is 493. The molecule has 1 aromatic carbocycles. The normalized spacial score (nSPS) is 10.8. The van der Waals surface area contributed by atoms with E-state index >= 15 is 0 Å². The molecule has 0 fully saturated rings. The molecule has 0 aliphatic rings. The van der Waals surface area contributed by atoms with Gasteiger partial charge in [0.2, 0.25) is 0 Å². The molecule has 0 amide bonds. The third kappa shape index (κ3) is 1.88. The van der Waals surface area contributed by atoms with Gasteiger partial charge in [-0.1, -0.05) is 0 Å². The molecule has 0 aliphatic carbocycles. The van der Waals surface area contributed by atoms with Crippen molar-refractivity contribution in [3.8, 4) is 11.1 Å². The summed E-state index contributed by atoms with van der Waals surface area (Å²) in [6.07, 6.45) is 0. The molecule has 1 nitrogen and oxygen atoms in total. The van der Waals surface area contributed by atoms with Gasteiger partial charge in [0.25, 0.3) is 0 Å². The van der Waals surface area contributed by atoms with Gasteiger partial charge in [-0.2, -0.15) is 0 Å². The SMILES string of the molecule is Cc1cc(F)cc(C)c1-c1ccsc1CN. The highest BCUT2D eigenvalue weighted by molar-refractivity contribution is 7.10. The minimum atomic E-state index is -0.178. The van der Waals surface area contributed by atoms with Crippen LogP contribution in [0, 0.1) is 19.7 Å². The lowest BCUT2D eigenvalue weighted by Crippen LogP contribution is -1.97. The van der Waals surface area contributed by atoms with Crippen molar-refractivity contribution in [3.05, 3.63) is 45.4 Å². The molecule has 0 spiro atoms. The fraction of sp³-hybridized carbons (Fsp3) is 0.231. The summed E-state index contributed by atoms with van der Waals surface area (Å²) >= 11 is 1.65. The van der Waals surface area contributed by atoms with Crippen LogP contribution in [0.5, 0.6) is 0 Å². The van der Waals surface area contributed by atoms with Crippen LogP contribution in [0.3, 0.4) is 0 Å². The maximum Gasteiger partial charge on any atom is 0.123 e. The number of benzene rings is 1. The van der Waals surface area contributed by atoms with Crippen LogP contribution in [0.25, 0.3) is 11.1 Å². The van der Waals surface area contributed by atoms with Crippen molar-refractivity contribution < 1.29 is 4.39 Å². The first-order chi connectivity index (χ1) is 7.63. The maximum atomic E-state index is 13.2. The summed E-state index contributed by atoms with van der Waals surface area (Å²) < 4.78 is 13.2. The quantitative estimate of drug-likeness (QED) is 0.845. The van der Waals surface area contributed by atoms with Gasteiger partial charge in [-0.15, -0.1) is 11.3 Å². The van der Waals surface area contributed by atoms with Crippen LogP contribution in [0.15, 0.2) is 23.6 Å². The third-order valence-electron chi connectivity index (χ3n) is 2.70. The molecule has 2 rings (SSSR count). The molecule has 2 aromatic rings. The van der Waals surface area contributed by atoms with Crippen molar-refractivity contribution in [1.82, 2.24) is 0 Å². The highest BCUT2D eigenvalue weighted by atomic mass is 32.1. The predicted octanol–water partition coefficient (Wildman–Crippen LogP) is 3.63. The van der Waals surface area contributed by atoms with E-state index in [1.807, 2.05) is 19.2 Å². The lowest BCUT2D eigenvalue weighted by molar-refractivity contribution is 0.625. The average Bonchev–Trinajstić information content (AvgIpc) is 2.64. The Morgan fingerprint density at radius 1 is 1.25 bits per heavy atom. The van der Waals surface area contributed by atoms with Crippen LogP contribution in [0.4, 0.5) is 4.39 Å². The Labute approximate surface area is 98.7 Å². The summed E-state index contributed by atoms with van der Waals surface area (Å²) in [5, 5.41) is 2.03. The first-order valence-electron chi connectivity index (χ1n) is 5.17. The zero-order chi connectivity index (χ0) is 11.7. The van der Waals surface area contributed by atoms with Gasteiger partial charge >= 0.3 is 0 Å². The van der Waals surface area contributed by atoms with E-state index in [4.69, 9.17) is 5.73 Å². The van der Waals surface area contributed by atoms with Crippen molar-refractivity contribution in [1.29, 1.82) is 0 Å². The number of hydrogen-bond donors (Lipinski definition) is 1. The second kappa shape index (κ2) is 4.36. The molecule has 1 heterocycles. The molecule has 0 bridgehead atoms. The standard InChI is InChI=1S/C13H14FNS/c1-8-5-10(14)6-9(2)13(8)11-3-4-16-12(11)7-15/h3-6H,7,15H2,1-2H3. The molecule has 0 unspecified atom stereocenters. The van der Waals surface area contributed by atoms with Crippen LogP contribution in [-0.4, -0.2) is 0 Å². The second-order valence-electron chi connectivity index (χ2n) is 3.88. The minimum Gasteiger partial charge on any atom is -0.326 e. The Morgan fingerprint density at radius 2 is 1.88 bits per heavy atom. The summed E-state index contributed by atoms with van der Waals surface area (Å²) in [4.78, 5) is 1.15. The second-order valence-corrected chi connectivity index (χ2v) is 4.88. The van der Waals surface area contributed by atoms with Gasteiger partial charge in [0.1, 0.15) is 5.82 Å². The fourth-order valence-corrected chi connectivity index (χ4v) is 2.82. The van der Waals surface area contributed by atoms with E-state index < -0.39 is 0 Å². The lowest BCUT2D eigenvalue weighted by atomic mass is 9.96. The van der Waals surface area contributed by atoms with Gasteiger partial charge in [0, 0.05) is 11.4 Å². The van der Waals surface area contributed by atoms with Gasteiger partial charge in [-0.05, 0) is 59.7 Å². The van der Waals surface area contributed by atoms with Crippen LogP contribution in [0.1, 0.15) is 16.0 Å². The van der Waals surface area contributed by atoms with Crippen LogP contribution >= 0.6 is 11.3 Å². The number of hydrogen-bond acceptors (Lipinski definition) is 2. The van der Waals surface area contributed by atoms with E-state index in [0.717, 1.165) is 27.1 Å². The monoisotopic (exact) mass is 235 g/mol. The molecule has 0 atom stereocenters. The van der Waals surface area contributed by atoms with Gasteiger partial charge in [-0.3, -0.25) is 0 Å². The topological polar surface area (TPSA) is 26.0 Å². The number of thiophene rings is 1. The van der Waals surface area contributed by atoms with Crippen molar-refractivity contribution in [2.75, 3.05) is 0 Å². The van der Waals surface area contributed by atoms with Gasteiger partial charge < -0.3 is 5.73 Å². The smallest absolute Gasteiger partial charge is 0.123 e. The summed E-state index contributed by atoms with van der Waals surface area (Å²) in [7, 11) is 0. The van der Waals surface area contributed by atoms with E-state index in [1.165, 1.54) is 0 Å². The van der Waals surface area contributed by atoms with E-state index in [2.05, 4.69) is 6.07 Å². The molecule has 16 heavy (non-hydrogen) atoms. The van der Waals surface area contributed by atoms with Crippen LogP contribution < -0.4 is 5.73 Å². The highest BCUT2D eigenvalue weighted by Crippen LogP contribution is 2.33. The third-order valence-corrected chi connectivity index (χ3v) is 3.64. The summed E-state index contributed by atoms with van der Waals surface area (Å²) in [6.45, 7) is 4.40. The van der Waals surface area contributed by atoms with Crippen molar-refractivity contribution >= 4 is 11.3 Å². The highest BCUT2D eigenvalue weighted by Gasteiger charge is 2.11. The molecule has 1 aromatic heterocycles. The molecule has 0 radical (unpaired) electrons. The average molecular weight is 235 g/mol. The Hall–Kier alpha value is -1.19. The Kier molecular flexibility index (Phi) is 3.08. The lowest BCUT2D eigenvalue weighted by Gasteiger charge is -2.10. The number of rotatable bonds is 2. The van der Waals surface area contributed by atoms with Crippen molar-refractivity contribution in [2.24, 2.45) is 5.73 Å². The number of nitrogens with two attached hydrogens (primary N) is 1. The zero-order valence-electron chi connectivity index (χ0n) is 9.38. The Morgan fingerprint density at radius 3 is 2.44 bits per heavy atom. The fourth-order valence-electron chi connectivity index (χ4n) is 2.06. The molecular formula is C13H14FNS. The van der Waals surface area contributed by atoms with Gasteiger partial charge in [-0.25, -0.2) is 4.39 Å². The summed E-state index contributed by atoms with van der Waals surface area (Å²) in [5.41, 5.74) is 9.88. The molecule has 0 saturated heterocycles. The Balaban J connectivity index is 2.64. The molecule has 0 saturated carbocycles. The van der Waals surface area contributed by atoms with E-state index in [0.29, 0.717) is 6.54 Å². The number of aryl methyl sites for hydroxylation is 2. The zero-order valence-corrected chi connectivity index (χ0v) is 10.2. The first kappa shape index (κ1) is 11.3. The van der Waals surface area contributed by atoms with Crippen LogP contribution in [0.2, 0.25) is 0 Å². The van der Waals surface area contributed by atoms with Gasteiger partial charge in [0.05, 0.1) is 0 Å². The van der Waals surface area contributed by atoms with Crippen LogP contribution in [-0.2, 0) is 6.54 Å². The minimum absolute atomic E-state index is 0.178. The van der Waals surface area contributed by atoms with Crippen molar-refractivity contribution in [3.63, 3.8) is 0 Å². The first-order valence-corrected chi connectivity index (χ1v) is 6.05. The summed E-state index contributed by atoms with van der Waals surface area (Å²) in [5.74, 6) is -0.178. The molecular weight excluding hydrogens is 221 g/mol. The maximum absolute atomic E-state index is 13.2. The van der Waals surface area contributed by atoms with E-state index in [9.17, 15) is 4.39 Å². The van der Waals surface area contributed by atoms with Crippen molar-refractivity contribution in [2.45, 2.75) is 20.4 Å².